The van der Waals surface area contributed by atoms with Crippen molar-refractivity contribution in [3.05, 3.63) is 57.5 Å². The number of carboxylic acids is 1. The molecule has 6 heteroatoms. The molecule has 0 unspecified atom stereocenters. The lowest BCUT2D eigenvalue weighted by molar-refractivity contribution is 0.0693. The van der Waals surface area contributed by atoms with Gasteiger partial charge in [-0.05, 0) is 36.2 Å². The van der Waals surface area contributed by atoms with Crippen molar-refractivity contribution in [3.63, 3.8) is 0 Å². The fraction of sp³-hybridized carbons (Fsp3) is 0.250. The minimum absolute atomic E-state index is 0.148. The first-order valence-corrected chi connectivity index (χ1v) is 6.98. The number of para-hydroxylation sites is 2. The molecule has 0 radical (unpaired) electrons. The molecule has 1 aromatic carbocycles. The van der Waals surface area contributed by atoms with Crippen LogP contribution < -0.4 is 15.6 Å². The summed E-state index contributed by atoms with van der Waals surface area (Å²) in [5.41, 5.74) is 1.31. The Morgan fingerprint density at radius 3 is 2.86 bits per heavy atom. The normalized spacial score (nSPS) is 13.5. The molecule has 2 heterocycles. The maximum absolute atomic E-state index is 12.7. The van der Waals surface area contributed by atoms with Crippen LogP contribution in [0.1, 0.15) is 21.5 Å². The molecular formula is C16H16N2O4. The third kappa shape index (κ3) is 2.27. The minimum atomic E-state index is -1.19. The van der Waals surface area contributed by atoms with Gasteiger partial charge in [0.05, 0.1) is 12.8 Å². The van der Waals surface area contributed by atoms with E-state index in [1.165, 1.54) is 11.7 Å². The number of nitrogens with one attached hydrogen (secondary N) is 1. The van der Waals surface area contributed by atoms with E-state index >= 15 is 0 Å². The number of pyridine rings is 1. The van der Waals surface area contributed by atoms with E-state index in [-0.39, 0.29) is 5.56 Å². The molecule has 0 saturated heterocycles. The van der Waals surface area contributed by atoms with Crippen molar-refractivity contribution in [2.75, 3.05) is 13.7 Å². The molecule has 0 atom stereocenters. The van der Waals surface area contributed by atoms with Crippen LogP contribution in [0.25, 0.3) is 5.69 Å². The van der Waals surface area contributed by atoms with Gasteiger partial charge in [0, 0.05) is 12.7 Å². The number of nitrogens with zero attached hydrogens (tertiary/aromatic N) is 1. The SMILES string of the molecule is COc1ccccc1-n1cc2c(c(C(=O)O)c1=O)CCNC2. The van der Waals surface area contributed by atoms with Gasteiger partial charge in [-0.2, -0.15) is 0 Å². The fourth-order valence-corrected chi connectivity index (χ4v) is 2.81. The van der Waals surface area contributed by atoms with E-state index in [0.29, 0.717) is 36.5 Å². The highest BCUT2D eigenvalue weighted by atomic mass is 16.5. The Labute approximate surface area is 127 Å². The number of rotatable bonds is 3. The van der Waals surface area contributed by atoms with Crippen molar-refractivity contribution in [2.45, 2.75) is 13.0 Å². The average molecular weight is 300 g/mol. The summed E-state index contributed by atoms with van der Waals surface area (Å²) in [7, 11) is 1.52. The highest BCUT2D eigenvalue weighted by Gasteiger charge is 2.24. The summed E-state index contributed by atoms with van der Waals surface area (Å²) in [6.45, 7) is 1.22. The van der Waals surface area contributed by atoms with Gasteiger partial charge >= 0.3 is 5.97 Å². The Kier molecular flexibility index (Phi) is 3.68. The zero-order valence-electron chi connectivity index (χ0n) is 12.1. The van der Waals surface area contributed by atoms with E-state index in [9.17, 15) is 14.7 Å². The van der Waals surface area contributed by atoms with Crippen molar-refractivity contribution >= 4 is 5.97 Å². The zero-order valence-corrected chi connectivity index (χ0v) is 12.1. The number of hydrogen-bond acceptors (Lipinski definition) is 4. The molecule has 2 aromatic rings. The molecule has 1 aliphatic rings. The molecule has 1 aliphatic heterocycles. The lowest BCUT2D eigenvalue weighted by Crippen LogP contribution is -2.34. The van der Waals surface area contributed by atoms with Gasteiger partial charge in [-0.15, -0.1) is 0 Å². The standard InChI is InChI=1S/C16H16N2O4/c1-22-13-5-3-2-4-12(13)18-9-10-8-17-7-6-11(10)14(15(18)19)16(20)21/h2-5,9,17H,6-8H2,1H3,(H,20,21). The van der Waals surface area contributed by atoms with Crippen LogP contribution >= 0.6 is 0 Å². The van der Waals surface area contributed by atoms with Crippen LogP contribution in [0.5, 0.6) is 5.75 Å². The van der Waals surface area contributed by atoms with E-state index in [1.54, 1.807) is 30.5 Å². The number of benzene rings is 1. The maximum Gasteiger partial charge on any atom is 0.341 e. The van der Waals surface area contributed by atoms with Crippen molar-refractivity contribution in [2.24, 2.45) is 0 Å². The number of carboxylic acid groups (broad SMARTS) is 1. The Hall–Kier alpha value is -2.60. The second kappa shape index (κ2) is 5.65. The highest BCUT2D eigenvalue weighted by molar-refractivity contribution is 5.89. The molecule has 1 aromatic heterocycles. The number of aromatic carboxylic acids is 1. The molecule has 6 nitrogen and oxygen atoms in total. The van der Waals surface area contributed by atoms with Gasteiger partial charge in [-0.3, -0.25) is 9.36 Å². The summed E-state index contributed by atoms with van der Waals surface area (Å²) in [5.74, 6) is -0.669. The Balaban J connectivity index is 2.31. The van der Waals surface area contributed by atoms with Gasteiger partial charge in [-0.25, -0.2) is 4.79 Å². The lowest BCUT2D eigenvalue weighted by Gasteiger charge is -2.21. The Morgan fingerprint density at radius 2 is 2.14 bits per heavy atom. The highest BCUT2D eigenvalue weighted by Crippen LogP contribution is 2.23. The Morgan fingerprint density at radius 1 is 1.36 bits per heavy atom. The van der Waals surface area contributed by atoms with Gasteiger partial charge in [0.15, 0.2) is 0 Å². The van der Waals surface area contributed by atoms with Gasteiger partial charge in [0.1, 0.15) is 11.3 Å². The van der Waals surface area contributed by atoms with Crippen LogP contribution in [0.3, 0.4) is 0 Å². The van der Waals surface area contributed by atoms with Crippen LogP contribution in [0.2, 0.25) is 0 Å². The Bertz CT molecular complexity index is 795. The topological polar surface area (TPSA) is 80.6 Å². The van der Waals surface area contributed by atoms with E-state index in [4.69, 9.17) is 4.74 Å². The molecule has 22 heavy (non-hydrogen) atoms. The molecule has 0 spiro atoms. The monoisotopic (exact) mass is 300 g/mol. The molecule has 0 fully saturated rings. The second-order valence-corrected chi connectivity index (χ2v) is 5.09. The maximum atomic E-state index is 12.7. The number of fused-ring (bicyclic) bond motifs is 1. The zero-order chi connectivity index (χ0) is 15.7. The summed E-state index contributed by atoms with van der Waals surface area (Å²) in [5, 5.41) is 12.6. The van der Waals surface area contributed by atoms with Crippen molar-refractivity contribution in [1.82, 2.24) is 9.88 Å². The molecule has 114 valence electrons. The van der Waals surface area contributed by atoms with Crippen molar-refractivity contribution < 1.29 is 14.6 Å². The van der Waals surface area contributed by atoms with Crippen LogP contribution in [0.4, 0.5) is 0 Å². The number of hydrogen-bond donors (Lipinski definition) is 2. The summed E-state index contributed by atoms with van der Waals surface area (Å²) < 4.78 is 6.63. The number of carbonyl (C=O) groups is 1. The van der Waals surface area contributed by atoms with Crippen molar-refractivity contribution in [1.29, 1.82) is 0 Å². The molecule has 0 amide bonds. The second-order valence-electron chi connectivity index (χ2n) is 5.09. The smallest absolute Gasteiger partial charge is 0.341 e. The first-order chi connectivity index (χ1) is 10.6. The summed E-state index contributed by atoms with van der Waals surface area (Å²) in [6, 6.07) is 7.04. The number of aromatic nitrogens is 1. The van der Waals surface area contributed by atoms with Crippen molar-refractivity contribution in [3.8, 4) is 11.4 Å². The van der Waals surface area contributed by atoms with Gasteiger partial charge in [-0.1, -0.05) is 12.1 Å². The predicted molar refractivity (Wildman–Crippen MR) is 81.0 cm³/mol. The molecule has 0 aliphatic carbocycles. The van der Waals surface area contributed by atoms with Crippen LogP contribution in [0.15, 0.2) is 35.3 Å². The van der Waals surface area contributed by atoms with Crippen LogP contribution in [-0.2, 0) is 13.0 Å². The third-order valence-corrected chi connectivity index (χ3v) is 3.83. The number of ether oxygens (including phenoxy) is 1. The first-order valence-electron chi connectivity index (χ1n) is 6.98. The molecule has 0 saturated carbocycles. The van der Waals surface area contributed by atoms with Gasteiger partial charge < -0.3 is 15.2 Å². The summed E-state index contributed by atoms with van der Waals surface area (Å²) >= 11 is 0. The molecule has 0 bridgehead atoms. The van der Waals surface area contributed by atoms with Crippen LogP contribution in [0, 0.1) is 0 Å². The average Bonchev–Trinajstić information content (AvgIpc) is 2.53. The lowest BCUT2D eigenvalue weighted by atomic mass is 9.97. The third-order valence-electron chi connectivity index (χ3n) is 3.83. The molecule has 2 N–H and O–H groups in total. The quantitative estimate of drug-likeness (QED) is 0.890. The molecule has 3 rings (SSSR count). The first kappa shape index (κ1) is 14.3. The number of methoxy groups -OCH3 is 1. The van der Waals surface area contributed by atoms with Gasteiger partial charge in [0.25, 0.3) is 5.56 Å². The van der Waals surface area contributed by atoms with Crippen LogP contribution in [-0.4, -0.2) is 29.3 Å². The molecular weight excluding hydrogens is 284 g/mol. The summed E-state index contributed by atoms with van der Waals surface area (Å²) in [6.07, 6.45) is 2.24. The summed E-state index contributed by atoms with van der Waals surface area (Å²) in [4.78, 5) is 24.2. The predicted octanol–water partition coefficient (Wildman–Crippen LogP) is 1.19. The van der Waals surface area contributed by atoms with E-state index in [0.717, 1.165) is 5.56 Å². The fourth-order valence-electron chi connectivity index (χ4n) is 2.81. The van der Waals surface area contributed by atoms with E-state index in [1.807, 2.05) is 0 Å². The van der Waals surface area contributed by atoms with Gasteiger partial charge in [0.2, 0.25) is 0 Å². The minimum Gasteiger partial charge on any atom is -0.495 e. The van der Waals surface area contributed by atoms with E-state index in [2.05, 4.69) is 5.32 Å². The van der Waals surface area contributed by atoms with E-state index < -0.39 is 11.5 Å². The largest absolute Gasteiger partial charge is 0.495 e.